The molecule has 0 aliphatic carbocycles. The lowest BCUT2D eigenvalue weighted by molar-refractivity contribution is 0.0506. The lowest BCUT2D eigenvalue weighted by atomic mass is 9.98. The molecule has 1 heterocycles. The smallest absolute Gasteiger partial charge is 0.123 e. The van der Waals surface area contributed by atoms with Gasteiger partial charge in [-0.3, -0.25) is 4.90 Å². The zero-order valence-electron chi connectivity index (χ0n) is 9.78. The fraction of sp³-hybridized carbons (Fsp3) is 0.538. The highest BCUT2D eigenvalue weighted by Crippen LogP contribution is 2.30. The van der Waals surface area contributed by atoms with E-state index in [-0.39, 0.29) is 17.5 Å². The molecule has 0 amide bonds. The summed E-state index contributed by atoms with van der Waals surface area (Å²) in [5.41, 5.74) is 0.744. The fourth-order valence-corrected chi connectivity index (χ4v) is 2.27. The van der Waals surface area contributed by atoms with E-state index in [0.29, 0.717) is 6.54 Å². The van der Waals surface area contributed by atoms with E-state index in [4.69, 9.17) is 0 Å². The van der Waals surface area contributed by atoms with E-state index in [1.165, 1.54) is 6.07 Å². The van der Waals surface area contributed by atoms with Crippen molar-refractivity contribution in [1.29, 1.82) is 0 Å². The summed E-state index contributed by atoms with van der Waals surface area (Å²) in [6, 6.07) is 6.66. The van der Waals surface area contributed by atoms with Gasteiger partial charge < -0.3 is 5.11 Å². The minimum Gasteiger partial charge on any atom is -0.391 e. The number of halogens is 1. The quantitative estimate of drug-likeness (QED) is 0.830. The Balaban J connectivity index is 2.11. The molecule has 0 bridgehead atoms. The highest BCUT2D eigenvalue weighted by Gasteiger charge is 2.39. The maximum atomic E-state index is 13.0. The van der Waals surface area contributed by atoms with Crippen LogP contribution in [-0.2, 0) is 6.54 Å². The minimum absolute atomic E-state index is 0.199. The number of benzene rings is 1. The Morgan fingerprint density at radius 2 is 2.25 bits per heavy atom. The lowest BCUT2D eigenvalue weighted by Gasteiger charge is -2.33. The van der Waals surface area contributed by atoms with Crippen LogP contribution in [0.1, 0.15) is 25.8 Å². The van der Waals surface area contributed by atoms with Gasteiger partial charge in [-0.25, -0.2) is 4.39 Å². The maximum absolute atomic E-state index is 13.0. The molecule has 1 aliphatic heterocycles. The molecule has 1 aromatic carbocycles. The SMILES string of the molecule is CC1(C)C(O)CCN1Cc1cccc(F)c1. The number of hydrogen-bond donors (Lipinski definition) is 1. The van der Waals surface area contributed by atoms with Crippen molar-refractivity contribution in [2.75, 3.05) is 6.54 Å². The molecule has 0 aromatic heterocycles. The zero-order chi connectivity index (χ0) is 11.8. The number of likely N-dealkylation sites (tertiary alicyclic amines) is 1. The molecule has 0 saturated carbocycles. The standard InChI is InChI=1S/C13H18FNO/c1-13(2)12(16)6-7-15(13)9-10-4-3-5-11(14)8-10/h3-5,8,12,16H,6-7,9H2,1-2H3. The molecular weight excluding hydrogens is 205 g/mol. The third-order valence-electron chi connectivity index (χ3n) is 3.57. The third-order valence-corrected chi connectivity index (χ3v) is 3.57. The van der Waals surface area contributed by atoms with E-state index < -0.39 is 0 Å². The number of nitrogens with zero attached hydrogens (tertiary/aromatic N) is 1. The Morgan fingerprint density at radius 3 is 2.81 bits per heavy atom. The maximum Gasteiger partial charge on any atom is 0.123 e. The van der Waals surface area contributed by atoms with Crippen molar-refractivity contribution in [3.05, 3.63) is 35.6 Å². The van der Waals surface area contributed by atoms with Gasteiger partial charge in [-0.2, -0.15) is 0 Å². The molecule has 1 atom stereocenters. The Hall–Kier alpha value is -0.930. The predicted molar refractivity (Wildman–Crippen MR) is 61.5 cm³/mol. The summed E-state index contributed by atoms with van der Waals surface area (Å²) in [6.07, 6.45) is 0.503. The first-order valence-electron chi connectivity index (χ1n) is 5.68. The van der Waals surface area contributed by atoms with Gasteiger partial charge in [0.15, 0.2) is 0 Å². The van der Waals surface area contributed by atoms with Gasteiger partial charge in [0.2, 0.25) is 0 Å². The van der Waals surface area contributed by atoms with Crippen LogP contribution in [0.25, 0.3) is 0 Å². The van der Waals surface area contributed by atoms with E-state index in [1.807, 2.05) is 19.9 Å². The van der Waals surface area contributed by atoms with Crippen molar-refractivity contribution in [3.8, 4) is 0 Å². The molecule has 2 nitrogen and oxygen atoms in total. The Labute approximate surface area is 95.7 Å². The van der Waals surface area contributed by atoms with Crippen LogP contribution in [-0.4, -0.2) is 28.2 Å². The summed E-state index contributed by atoms with van der Waals surface area (Å²) in [6.45, 7) is 5.63. The van der Waals surface area contributed by atoms with Crippen molar-refractivity contribution >= 4 is 0 Å². The summed E-state index contributed by atoms with van der Waals surface area (Å²) in [7, 11) is 0. The topological polar surface area (TPSA) is 23.5 Å². The van der Waals surface area contributed by atoms with Gasteiger partial charge in [0.05, 0.1) is 6.10 Å². The highest BCUT2D eigenvalue weighted by molar-refractivity contribution is 5.17. The van der Waals surface area contributed by atoms with Crippen molar-refractivity contribution in [2.45, 2.75) is 38.5 Å². The molecule has 1 N–H and O–H groups in total. The Kier molecular flexibility index (Phi) is 3.00. The van der Waals surface area contributed by atoms with E-state index in [9.17, 15) is 9.50 Å². The van der Waals surface area contributed by atoms with E-state index >= 15 is 0 Å². The van der Waals surface area contributed by atoms with Crippen LogP contribution < -0.4 is 0 Å². The van der Waals surface area contributed by atoms with Gasteiger partial charge >= 0.3 is 0 Å². The molecular formula is C13H18FNO. The Morgan fingerprint density at radius 1 is 1.50 bits per heavy atom. The second kappa shape index (κ2) is 4.15. The third kappa shape index (κ3) is 2.11. The first kappa shape index (κ1) is 11.6. The molecule has 0 radical (unpaired) electrons. The van der Waals surface area contributed by atoms with Gasteiger partial charge in [0.1, 0.15) is 5.82 Å². The van der Waals surface area contributed by atoms with E-state index in [2.05, 4.69) is 4.90 Å². The molecule has 1 aliphatic rings. The van der Waals surface area contributed by atoms with Crippen LogP contribution in [0.15, 0.2) is 24.3 Å². The number of hydrogen-bond acceptors (Lipinski definition) is 2. The molecule has 1 aromatic rings. The second-order valence-corrected chi connectivity index (χ2v) is 5.01. The summed E-state index contributed by atoms with van der Waals surface area (Å²) in [5, 5.41) is 9.84. The molecule has 1 fully saturated rings. The van der Waals surface area contributed by atoms with Crippen molar-refractivity contribution in [3.63, 3.8) is 0 Å². The van der Waals surface area contributed by atoms with Crippen LogP contribution in [0.4, 0.5) is 4.39 Å². The Bertz CT molecular complexity index is 378. The average molecular weight is 223 g/mol. The normalized spacial score (nSPS) is 24.9. The van der Waals surface area contributed by atoms with E-state index in [1.54, 1.807) is 12.1 Å². The summed E-state index contributed by atoms with van der Waals surface area (Å²) in [4.78, 5) is 2.20. The summed E-state index contributed by atoms with van der Waals surface area (Å²) in [5.74, 6) is -0.199. The molecule has 1 saturated heterocycles. The number of rotatable bonds is 2. The molecule has 1 unspecified atom stereocenters. The molecule has 88 valence electrons. The molecule has 2 rings (SSSR count). The number of aliphatic hydroxyl groups is 1. The van der Waals surface area contributed by atoms with Crippen LogP contribution in [0.3, 0.4) is 0 Å². The predicted octanol–water partition coefficient (Wildman–Crippen LogP) is 2.17. The summed E-state index contributed by atoms with van der Waals surface area (Å²) >= 11 is 0. The van der Waals surface area contributed by atoms with Gasteiger partial charge in [0.25, 0.3) is 0 Å². The second-order valence-electron chi connectivity index (χ2n) is 5.01. The first-order valence-corrected chi connectivity index (χ1v) is 5.68. The van der Waals surface area contributed by atoms with Crippen LogP contribution in [0, 0.1) is 5.82 Å². The minimum atomic E-state index is -0.291. The van der Waals surface area contributed by atoms with Crippen molar-refractivity contribution in [2.24, 2.45) is 0 Å². The molecule has 16 heavy (non-hydrogen) atoms. The number of aliphatic hydroxyl groups excluding tert-OH is 1. The highest BCUT2D eigenvalue weighted by atomic mass is 19.1. The monoisotopic (exact) mass is 223 g/mol. The largest absolute Gasteiger partial charge is 0.391 e. The van der Waals surface area contributed by atoms with Crippen molar-refractivity contribution < 1.29 is 9.50 Å². The molecule has 3 heteroatoms. The van der Waals surface area contributed by atoms with Gasteiger partial charge in [-0.05, 0) is 38.0 Å². The van der Waals surface area contributed by atoms with Crippen molar-refractivity contribution in [1.82, 2.24) is 4.90 Å². The van der Waals surface area contributed by atoms with Crippen LogP contribution in [0.2, 0.25) is 0 Å². The van der Waals surface area contributed by atoms with Gasteiger partial charge in [-0.15, -0.1) is 0 Å². The van der Waals surface area contributed by atoms with E-state index in [0.717, 1.165) is 18.5 Å². The summed E-state index contributed by atoms with van der Waals surface area (Å²) < 4.78 is 13.0. The lowest BCUT2D eigenvalue weighted by Crippen LogP contribution is -2.44. The van der Waals surface area contributed by atoms with Gasteiger partial charge in [0, 0.05) is 18.6 Å². The van der Waals surface area contributed by atoms with Crippen LogP contribution in [0.5, 0.6) is 0 Å². The molecule has 0 spiro atoms. The van der Waals surface area contributed by atoms with Crippen LogP contribution >= 0.6 is 0 Å². The fourth-order valence-electron chi connectivity index (χ4n) is 2.27. The van der Waals surface area contributed by atoms with Gasteiger partial charge in [-0.1, -0.05) is 12.1 Å². The first-order chi connectivity index (χ1) is 7.50. The average Bonchev–Trinajstić information content (AvgIpc) is 2.45. The zero-order valence-corrected chi connectivity index (χ0v) is 9.78.